The maximum atomic E-state index is 11.8. The van der Waals surface area contributed by atoms with E-state index in [1.807, 2.05) is 30.3 Å². The standard InChI is InChI=1S/C17H20O4/c18-16(21-10-12-4-2-1-3-5-12)11-20-15-8-13-6-7-14(9-15)17(13)19/h1-5,13-15H,6-11H2/t13-,14+,15?. The molecule has 1 unspecified atom stereocenters. The first kappa shape index (κ1) is 14.3. The number of esters is 1. The van der Waals surface area contributed by atoms with Gasteiger partial charge in [-0.05, 0) is 31.2 Å². The van der Waals surface area contributed by atoms with E-state index < -0.39 is 0 Å². The number of hydrogen-bond acceptors (Lipinski definition) is 4. The zero-order chi connectivity index (χ0) is 14.7. The first-order chi connectivity index (χ1) is 10.2. The van der Waals surface area contributed by atoms with Crippen LogP contribution in [0.4, 0.5) is 0 Å². The minimum atomic E-state index is -0.344. The van der Waals surface area contributed by atoms with E-state index in [1.54, 1.807) is 0 Å². The lowest BCUT2D eigenvalue weighted by atomic mass is 9.86. The van der Waals surface area contributed by atoms with Gasteiger partial charge in [0, 0.05) is 11.8 Å². The fourth-order valence-electron chi connectivity index (χ4n) is 3.32. The van der Waals surface area contributed by atoms with Crippen LogP contribution in [-0.2, 0) is 25.7 Å². The third kappa shape index (κ3) is 3.50. The lowest BCUT2D eigenvalue weighted by Gasteiger charge is -2.26. The zero-order valence-electron chi connectivity index (χ0n) is 12.0. The zero-order valence-corrected chi connectivity index (χ0v) is 12.0. The van der Waals surface area contributed by atoms with E-state index in [4.69, 9.17) is 9.47 Å². The molecule has 0 amide bonds. The van der Waals surface area contributed by atoms with Crippen molar-refractivity contribution in [2.75, 3.05) is 6.61 Å². The summed E-state index contributed by atoms with van der Waals surface area (Å²) in [5.74, 6) is 0.382. The van der Waals surface area contributed by atoms with Crippen molar-refractivity contribution >= 4 is 11.8 Å². The number of hydrogen-bond donors (Lipinski definition) is 0. The first-order valence-corrected chi connectivity index (χ1v) is 7.57. The summed E-state index contributed by atoms with van der Waals surface area (Å²) >= 11 is 0. The van der Waals surface area contributed by atoms with Crippen LogP contribution in [0.1, 0.15) is 31.2 Å². The van der Waals surface area contributed by atoms with E-state index in [0.717, 1.165) is 31.2 Å². The van der Waals surface area contributed by atoms with Gasteiger partial charge in [0.1, 0.15) is 19.0 Å². The second-order valence-corrected chi connectivity index (χ2v) is 5.92. The maximum absolute atomic E-state index is 11.8. The lowest BCUT2D eigenvalue weighted by Crippen LogP contribution is -2.32. The largest absolute Gasteiger partial charge is 0.459 e. The van der Waals surface area contributed by atoms with Crippen LogP contribution in [0.15, 0.2) is 30.3 Å². The van der Waals surface area contributed by atoms with E-state index in [0.29, 0.717) is 5.78 Å². The van der Waals surface area contributed by atoms with Crippen LogP contribution in [0, 0.1) is 11.8 Å². The summed E-state index contributed by atoms with van der Waals surface area (Å²) < 4.78 is 10.8. The summed E-state index contributed by atoms with van der Waals surface area (Å²) in [4.78, 5) is 23.5. The molecule has 2 saturated carbocycles. The molecule has 1 aromatic rings. The Morgan fingerprint density at radius 1 is 1.10 bits per heavy atom. The summed E-state index contributed by atoms with van der Waals surface area (Å²) in [6.45, 7) is 0.253. The van der Waals surface area contributed by atoms with Crippen molar-refractivity contribution in [1.82, 2.24) is 0 Å². The molecule has 3 atom stereocenters. The topological polar surface area (TPSA) is 52.6 Å². The fraction of sp³-hybridized carbons (Fsp3) is 0.529. The highest BCUT2D eigenvalue weighted by Gasteiger charge is 2.41. The molecule has 1 aromatic carbocycles. The normalized spacial score (nSPS) is 27.6. The first-order valence-electron chi connectivity index (χ1n) is 7.57. The highest BCUT2D eigenvalue weighted by Crippen LogP contribution is 2.40. The van der Waals surface area contributed by atoms with Gasteiger partial charge in [-0.25, -0.2) is 4.79 Å². The molecule has 4 heteroatoms. The van der Waals surface area contributed by atoms with Crippen molar-refractivity contribution in [3.63, 3.8) is 0 Å². The van der Waals surface area contributed by atoms with Gasteiger partial charge in [-0.1, -0.05) is 30.3 Å². The number of rotatable bonds is 5. The Hall–Kier alpha value is -1.68. The molecule has 4 nitrogen and oxygen atoms in total. The summed E-state index contributed by atoms with van der Waals surface area (Å²) in [5.41, 5.74) is 0.965. The SMILES string of the molecule is O=C(COC1C[C@H]2CC[C@@H](C1)C2=O)OCc1ccccc1. The Morgan fingerprint density at radius 3 is 2.43 bits per heavy atom. The Bertz CT molecular complexity index is 495. The number of fused-ring (bicyclic) bond motifs is 2. The molecule has 0 heterocycles. The number of benzene rings is 1. The molecular formula is C17H20O4. The maximum Gasteiger partial charge on any atom is 0.332 e. The van der Waals surface area contributed by atoms with Gasteiger partial charge in [-0.3, -0.25) is 4.79 Å². The highest BCUT2D eigenvalue weighted by atomic mass is 16.6. The summed E-state index contributed by atoms with van der Waals surface area (Å²) in [6.07, 6.45) is 3.54. The van der Waals surface area contributed by atoms with Crippen molar-refractivity contribution in [3.05, 3.63) is 35.9 Å². The predicted octanol–water partition coefficient (Wildman–Crippen LogP) is 2.50. The monoisotopic (exact) mass is 288 g/mol. The van der Waals surface area contributed by atoms with Gasteiger partial charge in [-0.15, -0.1) is 0 Å². The molecule has 0 aliphatic heterocycles. The molecule has 0 radical (unpaired) electrons. The molecule has 0 N–H and O–H groups in total. The van der Waals surface area contributed by atoms with E-state index in [-0.39, 0.29) is 37.1 Å². The number of carbonyl (C=O) groups excluding carboxylic acids is 2. The summed E-state index contributed by atoms with van der Waals surface area (Å²) in [6, 6.07) is 9.58. The second-order valence-electron chi connectivity index (χ2n) is 5.92. The second kappa shape index (κ2) is 6.39. The van der Waals surface area contributed by atoms with Crippen LogP contribution >= 0.6 is 0 Å². The van der Waals surface area contributed by atoms with Gasteiger partial charge in [0.2, 0.25) is 0 Å². The molecule has 2 fully saturated rings. The molecule has 0 spiro atoms. The number of carbonyl (C=O) groups is 2. The van der Waals surface area contributed by atoms with Crippen LogP contribution in [-0.4, -0.2) is 24.5 Å². The third-order valence-corrected chi connectivity index (χ3v) is 4.44. The molecule has 112 valence electrons. The van der Waals surface area contributed by atoms with Crippen molar-refractivity contribution in [3.8, 4) is 0 Å². The Labute approximate surface area is 124 Å². The molecule has 0 saturated heterocycles. The minimum absolute atomic E-state index is 0.0227. The lowest BCUT2D eigenvalue weighted by molar-refractivity contribution is -0.154. The molecule has 0 aromatic heterocycles. The molecule has 2 aliphatic rings. The van der Waals surface area contributed by atoms with E-state index >= 15 is 0 Å². The van der Waals surface area contributed by atoms with Gasteiger partial charge in [0.25, 0.3) is 0 Å². The van der Waals surface area contributed by atoms with Gasteiger partial charge in [0.15, 0.2) is 0 Å². The quantitative estimate of drug-likeness (QED) is 0.781. The Kier molecular flexibility index (Phi) is 4.34. The fourth-order valence-corrected chi connectivity index (χ4v) is 3.32. The van der Waals surface area contributed by atoms with Gasteiger partial charge in [-0.2, -0.15) is 0 Å². The number of Topliss-reactive ketones (excluding diaryl/α,β-unsaturated/α-hetero) is 1. The number of ether oxygens (including phenoxy) is 2. The highest BCUT2D eigenvalue weighted by molar-refractivity contribution is 5.86. The molecule has 3 rings (SSSR count). The molecular weight excluding hydrogens is 268 g/mol. The molecule has 21 heavy (non-hydrogen) atoms. The molecule has 2 aliphatic carbocycles. The van der Waals surface area contributed by atoms with Crippen molar-refractivity contribution in [1.29, 1.82) is 0 Å². The predicted molar refractivity (Wildman–Crippen MR) is 76.4 cm³/mol. The smallest absolute Gasteiger partial charge is 0.332 e. The van der Waals surface area contributed by atoms with E-state index in [2.05, 4.69) is 0 Å². The Morgan fingerprint density at radius 2 is 1.76 bits per heavy atom. The van der Waals surface area contributed by atoms with Crippen LogP contribution in [0.3, 0.4) is 0 Å². The summed E-state index contributed by atoms with van der Waals surface area (Å²) in [5, 5.41) is 0. The van der Waals surface area contributed by atoms with E-state index in [1.165, 1.54) is 0 Å². The van der Waals surface area contributed by atoms with Gasteiger partial charge in [0.05, 0.1) is 6.10 Å². The van der Waals surface area contributed by atoms with Gasteiger partial charge >= 0.3 is 5.97 Å². The van der Waals surface area contributed by atoms with Crippen LogP contribution in [0.2, 0.25) is 0 Å². The summed E-state index contributed by atoms with van der Waals surface area (Å²) in [7, 11) is 0. The molecule has 2 bridgehead atoms. The minimum Gasteiger partial charge on any atom is -0.459 e. The average Bonchev–Trinajstić information content (AvgIpc) is 2.74. The van der Waals surface area contributed by atoms with Gasteiger partial charge < -0.3 is 9.47 Å². The van der Waals surface area contributed by atoms with Crippen LogP contribution < -0.4 is 0 Å². The third-order valence-electron chi connectivity index (χ3n) is 4.44. The van der Waals surface area contributed by atoms with Crippen molar-refractivity contribution < 1.29 is 19.1 Å². The average molecular weight is 288 g/mol. The van der Waals surface area contributed by atoms with Crippen molar-refractivity contribution in [2.45, 2.75) is 38.4 Å². The number of ketones is 1. The Balaban J connectivity index is 1.39. The van der Waals surface area contributed by atoms with Crippen molar-refractivity contribution in [2.24, 2.45) is 11.8 Å². The van der Waals surface area contributed by atoms with Crippen LogP contribution in [0.25, 0.3) is 0 Å². The van der Waals surface area contributed by atoms with Crippen LogP contribution in [0.5, 0.6) is 0 Å². The van der Waals surface area contributed by atoms with E-state index in [9.17, 15) is 9.59 Å².